The van der Waals surface area contributed by atoms with Crippen LogP contribution in [0.3, 0.4) is 0 Å². The molecule has 0 unspecified atom stereocenters. The van der Waals surface area contributed by atoms with E-state index in [1.807, 2.05) is 71.5 Å². The molecule has 0 aliphatic rings. The van der Waals surface area contributed by atoms with Crippen molar-refractivity contribution in [1.29, 1.82) is 0 Å². The number of nitrogens with one attached hydrogen (secondary N) is 1. The van der Waals surface area contributed by atoms with Crippen LogP contribution in [0.5, 0.6) is 5.75 Å². The second kappa shape index (κ2) is 10.3. The van der Waals surface area contributed by atoms with Crippen LogP contribution in [0.4, 0.5) is 0 Å². The van der Waals surface area contributed by atoms with Gasteiger partial charge in [-0.2, -0.15) is 5.10 Å². The Balaban J connectivity index is 1.68. The standard InChI is InChI=1S/C30H36ClN3O3/c1-17-15-21(16-18(2)26(17)31)36-14-10-13-23-22-11-9-12-24(25-19(3)33-34(8)20(25)4)27(22)32-28(23)29(35)37-30(5,6)7/h9,11-12,15-16,32H,10,13-14H2,1-8H3. The van der Waals surface area contributed by atoms with Gasteiger partial charge in [-0.3, -0.25) is 4.68 Å². The van der Waals surface area contributed by atoms with Crippen LogP contribution < -0.4 is 4.74 Å². The zero-order valence-corrected chi connectivity index (χ0v) is 23.8. The summed E-state index contributed by atoms with van der Waals surface area (Å²) in [6.45, 7) is 14.2. The number of rotatable bonds is 7. The lowest BCUT2D eigenvalue weighted by atomic mass is 9.98. The third-order valence-corrected chi connectivity index (χ3v) is 7.17. The van der Waals surface area contributed by atoms with E-state index in [2.05, 4.69) is 29.1 Å². The Morgan fingerprint density at radius 2 is 1.78 bits per heavy atom. The molecule has 37 heavy (non-hydrogen) atoms. The van der Waals surface area contributed by atoms with E-state index in [9.17, 15) is 4.79 Å². The van der Waals surface area contributed by atoms with E-state index in [4.69, 9.17) is 21.1 Å². The molecular weight excluding hydrogens is 486 g/mol. The average Bonchev–Trinajstić information content (AvgIpc) is 3.30. The Morgan fingerprint density at radius 3 is 2.38 bits per heavy atom. The van der Waals surface area contributed by atoms with Gasteiger partial charge in [0.2, 0.25) is 0 Å². The van der Waals surface area contributed by atoms with Crippen LogP contribution in [0.15, 0.2) is 30.3 Å². The molecule has 4 rings (SSSR count). The zero-order chi connectivity index (χ0) is 27.1. The van der Waals surface area contributed by atoms with Crippen molar-refractivity contribution >= 4 is 28.5 Å². The monoisotopic (exact) mass is 521 g/mol. The maximum Gasteiger partial charge on any atom is 0.355 e. The fourth-order valence-electron chi connectivity index (χ4n) is 4.84. The van der Waals surface area contributed by atoms with Crippen LogP contribution in [0.2, 0.25) is 5.02 Å². The van der Waals surface area contributed by atoms with E-state index >= 15 is 0 Å². The first kappa shape index (κ1) is 26.8. The molecule has 7 heteroatoms. The molecule has 4 aromatic rings. The summed E-state index contributed by atoms with van der Waals surface area (Å²) in [4.78, 5) is 16.7. The van der Waals surface area contributed by atoms with Crippen molar-refractivity contribution in [3.63, 3.8) is 0 Å². The first-order chi connectivity index (χ1) is 17.4. The van der Waals surface area contributed by atoms with Crippen LogP contribution in [0.25, 0.3) is 22.0 Å². The molecule has 0 bridgehead atoms. The summed E-state index contributed by atoms with van der Waals surface area (Å²) in [6.07, 6.45) is 1.40. The molecule has 0 aliphatic heterocycles. The molecule has 0 atom stereocenters. The van der Waals surface area contributed by atoms with Gasteiger partial charge in [0.25, 0.3) is 0 Å². The molecule has 1 N–H and O–H groups in total. The molecule has 6 nitrogen and oxygen atoms in total. The smallest absolute Gasteiger partial charge is 0.355 e. The zero-order valence-electron chi connectivity index (χ0n) is 23.0. The van der Waals surface area contributed by atoms with Crippen LogP contribution in [0, 0.1) is 27.7 Å². The highest BCUT2D eigenvalue weighted by atomic mass is 35.5. The van der Waals surface area contributed by atoms with Gasteiger partial charge in [0.15, 0.2) is 0 Å². The second-order valence-corrected chi connectivity index (χ2v) is 11.1. The number of hydrogen-bond acceptors (Lipinski definition) is 4. The summed E-state index contributed by atoms with van der Waals surface area (Å²) in [7, 11) is 1.95. The number of ether oxygens (including phenoxy) is 2. The quantitative estimate of drug-likeness (QED) is 0.203. The van der Waals surface area contributed by atoms with Gasteiger partial charge in [-0.15, -0.1) is 0 Å². The highest BCUT2D eigenvalue weighted by Crippen LogP contribution is 2.36. The molecule has 0 amide bonds. The van der Waals surface area contributed by atoms with Gasteiger partial charge in [0.1, 0.15) is 17.0 Å². The lowest BCUT2D eigenvalue weighted by molar-refractivity contribution is 0.00625. The van der Waals surface area contributed by atoms with Gasteiger partial charge in [-0.1, -0.05) is 29.8 Å². The average molecular weight is 522 g/mol. The van der Waals surface area contributed by atoms with Crippen LogP contribution in [-0.2, 0) is 18.2 Å². The molecule has 196 valence electrons. The SMILES string of the molecule is Cc1cc(OCCCc2c(C(=O)OC(C)(C)C)[nH]c3c(-c4c(C)nn(C)c4C)cccc23)cc(C)c1Cl. The first-order valence-corrected chi connectivity index (χ1v) is 13.0. The van der Waals surface area contributed by atoms with Crippen LogP contribution in [-0.4, -0.2) is 32.9 Å². The summed E-state index contributed by atoms with van der Waals surface area (Å²) >= 11 is 6.30. The maximum atomic E-state index is 13.3. The fraction of sp³-hybridized carbons (Fsp3) is 0.400. The minimum Gasteiger partial charge on any atom is -0.494 e. The van der Waals surface area contributed by atoms with Gasteiger partial charge in [0, 0.05) is 34.3 Å². The number of benzene rings is 2. The predicted octanol–water partition coefficient (Wildman–Crippen LogP) is 7.42. The fourth-order valence-corrected chi connectivity index (χ4v) is 4.95. The molecule has 0 saturated carbocycles. The largest absolute Gasteiger partial charge is 0.494 e. The molecule has 0 radical (unpaired) electrons. The Morgan fingerprint density at radius 1 is 1.11 bits per heavy atom. The molecule has 2 aromatic carbocycles. The summed E-state index contributed by atoms with van der Waals surface area (Å²) in [5.74, 6) is 0.449. The molecule has 2 heterocycles. The first-order valence-electron chi connectivity index (χ1n) is 12.6. The summed E-state index contributed by atoms with van der Waals surface area (Å²) in [6, 6.07) is 10.1. The number of fused-ring (bicyclic) bond motifs is 1. The summed E-state index contributed by atoms with van der Waals surface area (Å²) < 4.78 is 13.7. The molecule has 2 aromatic heterocycles. The van der Waals surface area contributed by atoms with Crippen LogP contribution in [0.1, 0.15) is 65.8 Å². The molecular formula is C30H36ClN3O3. The number of H-pyrrole nitrogens is 1. The van der Waals surface area contributed by atoms with Crippen molar-refractivity contribution in [2.45, 2.75) is 66.9 Å². The van der Waals surface area contributed by atoms with Gasteiger partial charge in [-0.25, -0.2) is 4.79 Å². The highest BCUT2D eigenvalue weighted by molar-refractivity contribution is 6.32. The number of hydrogen-bond donors (Lipinski definition) is 1. The third kappa shape index (κ3) is 5.54. The van der Waals surface area contributed by atoms with E-state index < -0.39 is 5.60 Å². The molecule has 0 spiro atoms. The van der Waals surface area contributed by atoms with Crippen molar-refractivity contribution in [2.24, 2.45) is 7.05 Å². The van der Waals surface area contributed by atoms with Crippen LogP contribution >= 0.6 is 11.6 Å². The Bertz CT molecular complexity index is 1450. The van der Waals surface area contributed by atoms with E-state index in [-0.39, 0.29) is 5.97 Å². The molecule has 0 aliphatic carbocycles. The topological polar surface area (TPSA) is 69.1 Å². The number of carbonyl (C=O) groups excluding carboxylic acids is 1. The van der Waals surface area contributed by atoms with Crippen molar-refractivity contribution in [1.82, 2.24) is 14.8 Å². The second-order valence-electron chi connectivity index (χ2n) is 10.7. The normalized spacial score (nSPS) is 11.8. The van der Waals surface area contributed by atoms with Crippen molar-refractivity contribution in [3.05, 3.63) is 69.1 Å². The third-order valence-electron chi connectivity index (χ3n) is 6.57. The number of esters is 1. The molecule has 0 saturated heterocycles. The lowest BCUT2D eigenvalue weighted by Crippen LogP contribution is -2.24. The number of nitrogens with zero attached hydrogens (tertiary/aromatic N) is 2. The summed E-state index contributed by atoms with van der Waals surface area (Å²) in [5.41, 5.74) is 7.87. The predicted molar refractivity (Wildman–Crippen MR) is 150 cm³/mol. The van der Waals surface area contributed by atoms with Crippen molar-refractivity contribution < 1.29 is 14.3 Å². The van der Waals surface area contributed by atoms with Gasteiger partial charge < -0.3 is 14.5 Å². The maximum absolute atomic E-state index is 13.3. The Hall–Kier alpha value is -3.25. The number of aromatic amines is 1. The van der Waals surface area contributed by atoms with Gasteiger partial charge >= 0.3 is 5.97 Å². The van der Waals surface area contributed by atoms with Gasteiger partial charge in [0.05, 0.1) is 17.8 Å². The van der Waals surface area contributed by atoms with E-state index in [0.717, 1.165) is 67.3 Å². The minimum atomic E-state index is -0.599. The Kier molecular flexibility index (Phi) is 7.43. The van der Waals surface area contributed by atoms with Crippen molar-refractivity contribution in [2.75, 3.05) is 6.61 Å². The lowest BCUT2D eigenvalue weighted by Gasteiger charge is -2.19. The number of carbonyl (C=O) groups is 1. The van der Waals surface area contributed by atoms with E-state index in [1.54, 1.807) is 0 Å². The van der Waals surface area contributed by atoms with E-state index in [1.165, 1.54) is 0 Å². The van der Waals surface area contributed by atoms with Gasteiger partial charge in [-0.05, 0) is 90.1 Å². The van der Waals surface area contributed by atoms with Crippen molar-refractivity contribution in [3.8, 4) is 16.9 Å². The summed E-state index contributed by atoms with van der Waals surface area (Å²) in [5, 5.41) is 6.38. The highest BCUT2D eigenvalue weighted by Gasteiger charge is 2.25. The number of para-hydroxylation sites is 1. The number of aryl methyl sites for hydroxylation is 5. The number of halogens is 1. The minimum absolute atomic E-state index is 0.353. The molecule has 0 fully saturated rings. The Labute approximate surface area is 223 Å². The van der Waals surface area contributed by atoms with E-state index in [0.29, 0.717) is 18.7 Å². The number of aromatic nitrogens is 3.